The van der Waals surface area contributed by atoms with Crippen molar-refractivity contribution in [1.82, 2.24) is 5.32 Å². The summed E-state index contributed by atoms with van der Waals surface area (Å²) in [4.78, 5) is 57.7. The van der Waals surface area contributed by atoms with Crippen molar-refractivity contribution in [2.24, 2.45) is 5.92 Å². The molecule has 6 N–H and O–H groups in total. The lowest BCUT2D eigenvalue weighted by Gasteiger charge is -2.27. The molecule has 0 bridgehead atoms. The molecule has 0 aromatic heterocycles. The van der Waals surface area contributed by atoms with Gasteiger partial charge in [0, 0.05) is 45.9 Å². The van der Waals surface area contributed by atoms with Crippen LogP contribution in [0.3, 0.4) is 0 Å². The molecule has 12 nitrogen and oxygen atoms in total. The summed E-state index contributed by atoms with van der Waals surface area (Å²) in [6.45, 7) is 9.90. The topological polar surface area (TPSA) is 197 Å². The zero-order chi connectivity index (χ0) is 35.6. The molecule has 1 amide bonds. The number of halogens is 3. The van der Waals surface area contributed by atoms with Crippen LogP contribution in [0.4, 0.5) is 11.4 Å². The van der Waals surface area contributed by atoms with Crippen LogP contribution in [0.1, 0.15) is 84.8 Å². The number of esters is 3. The molecule has 0 radical (unpaired) electrons. The number of ketones is 1. The van der Waals surface area contributed by atoms with Gasteiger partial charge >= 0.3 is 17.9 Å². The molecular formula is C33H50Cl3N3O9. The zero-order valence-electron chi connectivity index (χ0n) is 26.7. The predicted molar refractivity (Wildman–Crippen MR) is 191 cm³/mol. The quantitative estimate of drug-likeness (QED) is 0.0485. The normalized spacial score (nSPS) is 11.6. The molecule has 2 unspecified atom stereocenters. The Hall–Kier alpha value is -3.58. The van der Waals surface area contributed by atoms with E-state index in [2.05, 4.69) is 14.8 Å². The number of hydrogen-bond donors (Lipinski definition) is 4. The Labute approximate surface area is 298 Å². The smallest absolute Gasteiger partial charge is 0.332 e. The van der Waals surface area contributed by atoms with Crippen molar-refractivity contribution in [1.29, 1.82) is 0 Å². The first kappa shape index (κ1) is 48.8. The number of benzene rings is 2. The number of carbonyl (C=O) groups is 5. The Balaban J connectivity index is -0.000000668. The molecule has 0 aliphatic heterocycles. The highest BCUT2D eigenvalue weighted by Gasteiger charge is 2.38. The molecule has 2 atom stereocenters. The first-order chi connectivity index (χ1) is 21.5. The number of carbonyl (C=O) groups excluding carboxylic acids is 5. The van der Waals surface area contributed by atoms with Gasteiger partial charge in [0.15, 0.2) is 11.7 Å². The lowest BCUT2D eigenvalue weighted by molar-refractivity contribution is -0.160. The van der Waals surface area contributed by atoms with E-state index >= 15 is 0 Å². The highest BCUT2D eigenvalue weighted by Crippen LogP contribution is 2.25. The summed E-state index contributed by atoms with van der Waals surface area (Å²) in [7, 11) is 0. The van der Waals surface area contributed by atoms with Crippen LogP contribution in [-0.2, 0) is 33.4 Å². The summed E-state index contributed by atoms with van der Waals surface area (Å²) >= 11 is 16.9. The van der Waals surface area contributed by atoms with Crippen LogP contribution >= 0.6 is 34.8 Å². The summed E-state index contributed by atoms with van der Waals surface area (Å²) in [5, 5.41) is 12.8. The van der Waals surface area contributed by atoms with E-state index < -0.39 is 47.2 Å². The van der Waals surface area contributed by atoms with Gasteiger partial charge in [-0.1, -0.05) is 44.1 Å². The first-order valence-electron chi connectivity index (χ1n) is 14.1. The Morgan fingerprint density at radius 3 is 1.71 bits per heavy atom. The van der Waals surface area contributed by atoms with Gasteiger partial charge in [-0.2, -0.15) is 0 Å². The average Bonchev–Trinajstić information content (AvgIpc) is 2.97. The van der Waals surface area contributed by atoms with E-state index in [1.165, 1.54) is 39.0 Å². The van der Waals surface area contributed by atoms with E-state index in [0.717, 1.165) is 0 Å². The second-order valence-corrected chi connectivity index (χ2v) is 10.9. The molecule has 0 heterocycles. The number of nitrogen functional groups attached to an aromatic ring is 2. The van der Waals surface area contributed by atoms with E-state index in [4.69, 9.17) is 51.0 Å². The van der Waals surface area contributed by atoms with Gasteiger partial charge in [0.25, 0.3) is 0 Å². The molecule has 0 spiro atoms. The Morgan fingerprint density at radius 1 is 0.854 bits per heavy atom. The van der Waals surface area contributed by atoms with E-state index in [0.29, 0.717) is 21.3 Å². The summed E-state index contributed by atoms with van der Waals surface area (Å²) in [6.07, 6.45) is -0.985. The number of hydrogen-bond acceptors (Lipinski definition) is 11. The van der Waals surface area contributed by atoms with Crippen LogP contribution in [0.2, 0.25) is 10.0 Å². The summed E-state index contributed by atoms with van der Waals surface area (Å²) in [5.74, 6) is -3.25. The van der Waals surface area contributed by atoms with E-state index in [-0.39, 0.29) is 58.2 Å². The molecule has 2 aromatic carbocycles. The number of alkyl halides is 1. The van der Waals surface area contributed by atoms with Crippen molar-refractivity contribution < 1.29 is 43.3 Å². The second-order valence-electron chi connectivity index (χ2n) is 9.73. The molecule has 0 aliphatic carbocycles. The number of Topliss-reactive ketones (excluding diaryl/α,β-unsaturated/α-hetero) is 1. The van der Waals surface area contributed by atoms with Crippen molar-refractivity contribution in [3.8, 4) is 0 Å². The third-order valence-electron chi connectivity index (χ3n) is 5.84. The fraction of sp³-hybridized carbons (Fsp3) is 0.485. The van der Waals surface area contributed by atoms with Crippen molar-refractivity contribution >= 4 is 75.8 Å². The van der Waals surface area contributed by atoms with Crippen LogP contribution in [0.25, 0.3) is 0 Å². The zero-order valence-corrected chi connectivity index (χ0v) is 28.9. The minimum absolute atomic E-state index is 0. The molecule has 272 valence electrons. The third kappa shape index (κ3) is 17.0. The van der Waals surface area contributed by atoms with Gasteiger partial charge in [-0.3, -0.25) is 19.2 Å². The monoisotopic (exact) mass is 737 g/mol. The Bertz CT molecular complexity index is 1330. The fourth-order valence-corrected chi connectivity index (χ4v) is 4.14. The standard InChI is InChI=1S/C15H19ClN2O4.C8H9Cl2NO.C8H14O4.2CH4/c1-4-22-14(21)15(3,18-9(2)19)8-13(20)11-6-5-10(16)7-12(11)17;9-4-8(12)6-2-1-5(10)3-7(6)11;1-4-11-7(9)6(3)8(10)12-5-2;;/h5-7H,4,8,17H2,1-3H3,(H,18,19);1-3,8,12H,4,11H2;6H,4-5H2,1-3H3;2*1H4. The number of anilines is 2. The fourth-order valence-electron chi connectivity index (χ4n) is 3.61. The lowest BCUT2D eigenvalue weighted by Crippen LogP contribution is -2.53. The minimum atomic E-state index is -1.45. The number of rotatable bonds is 12. The van der Waals surface area contributed by atoms with Crippen LogP contribution in [0, 0.1) is 5.92 Å². The van der Waals surface area contributed by atoms with Crippen LogP contribution < -0.4 is 16.8 Å². The van der Waals surface area contributed by atoms with E-state index in [1.807, 2.05) is 0 Å². The van der Waals surface area contributed by atoms with E-state index in [1.54, 1.807) is 39.0 Å². The molecule has 15 heteroatoms. The third-order valence-corrected chi connectivity index (χ3v) is 6.60. The minimum Gasteiger partial charge on any atom is -0.465 e. The van der Waals surface area contributed by atoms with Gasteiger partial charge in [-0.05, 0) is 65.0 Å². The first-order valence-corrected chi connectivity index (χ1v) is 15.4. The average molecular weight is 739 g/mol. The van der Waals surface area contributed by atoms with Crippen LogP contribution in [-0.4, -0.2) is 65.9 Å². The largest absolute Gasteiger partial charge is 0.465 e. The molecule has 2 aromatic rings. The van der Waals surface area contributed by atoms with Crippen molar-refractivity contribution in [2.75, 3.05) is 37.2 Å². The van der Waals surface area contributed by atoms with Crippen LogP contribution in [0.5, 0.6) is 0 Å². The van der Waals surface area contributed by atoms with Gasteiger partial charge < -0.3 is 36.1 Å². The Morgan fingerprint density at radius 2 is 1.31 bits per heavy atom. The molecule has 0 aliphatic rings. The lowest BCUT2D eigenvalue weighted by atomic mass is 9.91. The van der Waals surface area contributed by atoms with Crippen molar-refractivity contribution in [3.05, 3.63) is 57.6 Å². The number of aliphatic hydroxyl groups excluding tert-OH is 1. The number of nitrogens with two attached hydrogens (primary N) is 2. The number of nitrogens with one attached hydrogen (secondary N) is 1. The Kier molecular flexibility index (Phi) is 25.0. The molecule has 48 heavy (non-hydrogen) atoms. The summed E-state index contributed by atoms with van der Waals surface area (Å²) in [6, 6.07) is 9.40. The van der Waals surface area contributed by atoms with Gasteiger partial charge in [0.1, 0.15) is 5.54 Å². The maximum atomic E-state index is 12.4. The van der Waals surface area contributed by atoms with Gasteiger partial charge in [0.05, 0.1) is 31.8 Å². The highest BCUT2D eigenvalue weighted by atomic mass is 35.5. The predicted octanol–water partition coefficient (Wildman–Crippen LogP) is 6.17. The SMILES string of the molecule is C.C.CCOC(=O)C(C)(CC(=O)c1ccc(Cl)cc1N)NC(C)=O.CCOC(=O)C(C)C(=O)OCC.Nc1cc(Cl)ccc1C(O)CCl. The molecule has 2 rings (SSSR count). The van der Waals surface area contributed by atoms with Gasteiger partial charge in [-0.15, -0.1) is 11.6 Å². The number of amides is 1. The van der Waals surface area contributed by atoms with E-state index in [9.17, 15) is 29.1 Å². The number of ether oxygens (including phenoxy) is 3. The number of aliphatic hydroxyl groups is 1. The highest BCUT2D eigenvalue weighted by molar-refractivity contribution is 6.31. The second kappa shape index (κ2) is 24.5. The summed E-state index contributed by atoms with van der Waals surface area (Å²) in [5.41, 5.74) is 11.5. The molecule has 0 fully saturated rings. The summed E-state index contributed by atoms with van der Waals surface area (Å²) < 4.78 is 14.2. The van der Waals surface area contributed by atoms with Crippen LogP contribution in [0.15, 0.2) is 36.4 Å². The van der Waals surface area contributed by atoms with Crippen molar-refractivity contribution in [2.45, 2.75) is 74.5 Å². The maximum absolute atomic E-state index is 12.4. The van der Waals surface area contributed by atoms with Gasteiger partial charge in [-0.25, -0.2) is 4.79 Å². The molecule has 0 saturated carbocycles. The maximum Gasteiger partial charge on any atom is 0.332 e. The molecular weight excluding hydrogens is 689 g/mol. The van der Waals surface area contributed by atoms with Gasteiger partial charge in [0.2, 0.25) is 5.91 Å². The molecule has 0 saturated heterocycles. The van der Waals surface area contributed by atoms with Crippen molar-refractivity contribution in [3.63, 3.8) is 0 Å².